The maximum absolute atomic E-state index is 13.9. The minimum absolute atomic E-state index is 1.63. The second kappa shape index (κ2) is 7.08. The first-order valence-corrected chi connectivity index (χ1v) is 7.14. The van der Waals surface area contributed by atoms with Gasteiger partial charge in [-0.15, -0.1) is 0 Å². The van der Waals surface area contributed by atoms with Crippen LogP contribution in [-0.4, -0.2) is 38.6 Å². The van der Waals surface area contributed by atoms with Crippen LogP contribution >= 0.6 is 0 Å². The van der Waals surface area contributed by atoms with Crippen molar-refractivity contribution >= 4 is 0 Å². The van der Waals surface area contributed by atoms with Gasteiger partial charge in [-0.3, -0.25) is 0 Å². The van der Waals surface area contributed by atoms with E-state index in [4.69, 9.17) is 0 Å². The Balaban J connectivity index is 2.50. The number of hydrogen-bond donors (Lipinski definition) is 0. The number of nitrogens with zero attached hydrogens (tertiary/aromatic N) is 4. The van der Waals surface area contributed by atoms with Crippen LogP contribution in [0.25, 0.3) is 0 Å². The average Bonchev–Trinajstić information content (AvgIpc) is 3.30. The molecule has 2 heterocycles. The molecule has 6 nitrogen and oxygen atoms in total. The fourth-order valence-corrected chi connectivity index (χ4v) is 1.68. The molecule has 0 unspecified atom stereocenters. The van der Waals surface area contributed by atoms with Crippen molar-refractivity contribution < 1.29 is 79.3 Å². The molecule has 0 aliphatic rings. The largest absolute Gasteiger partial charge is 0.463 e. The van der Waals surface area contributed by atoms with Crippen molar-refractivity contribution in [1.29, 1.82) is 0 Å². The molecule has 0 aromatic carbocycles. The fraction of sp³-hybridized carbons (Fsp3) is 0.636. The summed E-state index contributed by atoms with van der Waals surface area (Å²) in [5.41, 5.74) is 0. The van der Waals surface area contributed by atoms with Crippen LogP contribution in [0.2, 0.25) is 0 Å². The molecule has 0 amide bonds. The third-order valence-electron chi connectivity index (χ3n) is 3.45. The van der Waals surface area contributed by atoms with E-state index >= 15 is 0 Å². The van der Waals surface area contributed by atoms with Gasteiger partial charge in [-0.25, -0.2) is 0 Å². The van der Waals surface area contributed by atoms with Crippen LogP contribution in [0, 0.1) is 0 Å². The average molecular weight is 524 g/mol. The third kappa shape index (κ3) is 3.81. The maximum atomic E-state index is 13.9. The first-order chi connectivity index (χ1) is 14.4. The van der Waals surface area contributed by atoms with Gasteiger partial charge in [-0.05, 0) is 0 Å². The van der Waals surface area contributed by atoms with Crippen molar-refractivity contribution in [3.63, 3.8) is 0 Å². The van der Waals surface area contributed by atoms with Crippen molar-refractivity contribution in [1.82, 2.24) is 20.3 Å². The Morgan fingerprint density at radius 1 is 0.424 bits per heavy atom. The smallest absolute Gasteiger partial charge is 0.332 e. The number of rotatable bonds is 6. The quantitative estimate of drug-likeness (QED) is 0.479. The Morgan fingerprint density at radius 3 is 0.939 bits per heavy atom. The lowest BCUT2D eigenvalue weighted by molar-refractivity contribution is -0.326. The Bertz CT molecular complexity index is 924. The summed E-state index contributed by atoms with van der Waals surface area (Å²) in [6, 6.07) is 0. The summed E-state index contributed by atoms with van der Waals surface area (Å²) < 4.78 is 214. The van der Waals surface area contributed by atoms with Crippen LogP contribution in [0.1, 0.15) is 23.4 Å². The van der Waals surface area contributed by atoms with E-state index < -0.39 is 65.4 Å². The Labute approximate surface area is 166 Å². The van der Waals surface area contributed by atoms with E-state index in [0.717, 1.165) is 0 Å². The van der Waals surface area contributed by atoms with Gasteiger partial charge in [-0.2, -0.15) is 80.2 Å². The predicted molar refractivity (Wildman–Crippen MR) is 61.2 cm³/mol. The van der Waals surface area contributed by atoms with Gasteiger partial charge in [0, 0.05) is 0 Å². The van der Waals surface area contributed by atoms with E-state index in [-0.39, 0.29) is 0 Å². The molecule has 188 valence electrons. The second-order valence-electron chi connectivity index (χ2n) is 5.71. The van der Waals surface area contributed by atoms with Crippen LogP contribution in [0.15, 0.2) is 9.05 Å². The molecule has 0 fully saturated rings. The number of alkyl halides is 16. The van der Waals surface area contributed by atoms with Crippen LogP contribution < -0.4 is 0 Å². The lowest BCUT2D eigenvalue weighted by Crippen LogP contribution is -2.51. The zero-order valence-electron chi connectivity index (χ0n) is 14.2. The van der Waals surface area contributed by atoms with Crippen molar-refractivity contribution in [2.24, 2.45) is 0 Å². The molecule has 0 bridgehead atoms. The fourth-order valence-electron chi connectivity index (χ4n) is 1.68. The Hall–Kier alpha value is -2.84. The lowest BCUT2D eigenvalue weighted by atomic mass is 10.0. The topological polar surface area (TPSA) is 77.8 Å². The minimum Gasteiger partial charge on any atom is -0.332 e. The minimum atomic E-state index is -7.05. The molecule has 0 aliphatic carbocycles. The van der Waals surface area contributed by atoms with Crippen molar-refractivity contribution in [3.05, 3.63) is 23.4 Å². The van der Waals surface area contributed by atoms with Gasteiger partial charge in [0.15, 0.2) is 0 Å². The van der Waals surface area contributed by atoms with Gasteiger partial charge < -0.3 is 9.05 Å². The van der Waals surface area contributed by atoms with Crippen LogP contribution in [0.4, 0.5) is 70.2 Å². The highest BCUT2D eigenvalue weighted by atomic mass is 19.4. The molecule has 33 heavy (non-hydrogen) atoms. The van der Waals surface area contributed by atoms with Gasteiger partial charge in [0.1, 0.15) is 0 Å². The SMILES string of the molecule is FC(F)(F)C(F)(F)c1nc(C(F)(F)C(F)(F)C(F)(F)c2noc(C(F)(F)C(F)(F)F)n2)no1. The van der Waals surface area contributed by atoms with Gasteiger partial charge in [-0.1, -0.05) is 10.3 Å². The number of hydrogen-bond acceptors (Lipinski definition) is 6. The molecule has 0 spiro atoms. The molecular weight excluding hydrogens is 524 g/mol. The maximum Gasteiger partial charge on any atom is 0.463 e. The molecule has 0 saturated heterocycles. The molecular formula is C11F16N4O2. The van der Waals surface area contributed by atoms with E-state index in [1.165, 1.54) is 0 Å². The number of aromatic nitrogens is 4. The van der Waals surface area contributed by atoms with Crippen molar-refractivity contribution in [2.75, 3.05) is 0 Å². The normalized spacial score (nSPS) is 15.3. The molecule has 0 atom stereocenters. The lowest BCUT2D eigenvalue weighted by Gasteiger charge is -2.28. The summed E-state index contributed by atoms with van der Waals surface area (Å²) in [7, 11) is 0. The van der Waals surface area contributed by atoms with E-state index in [1.807, 2.05) is 0 Å². The molecule has 2 aromatic rings. The molecule has 0 radical (unpaired) electrons. The summed E-state index contributed by atoms with van der Waals surface area (Å²) in [5, 5.41) is 3.31. The molecule has 0 aliphatic heterocycles. The Kier molecular flexibility index (Phi) is 5.66. The van der Waals surface area contributed by atoms with Gasteiger partial charge in [0.05, 0.1) is 0 Å². The highest BCUT2D eigenvalue weighted by Gasteiger charge is 2.77. The van der Waals surface area contributed by atoms with Crippen LogP contribution in [0.5, 0.6) is 0 Å². The molecule has 22 heteroatoms. The first-order valence-electron chi connectivity index (χ1n) is 7.14. The standard InChI is InChI=1S/C11F16N4O2/c12-5(13,1-28-3(32-30-1)7(16,17)10(22,23)24)9(20,21)6(14,15)2-29-4(33-31-2)8(18,19)11(25,26)27. The number of halogens is 16. The summed E-state index contributed by atoms with van der Waals surface area (Å²) >= 11 is 0. The van der Waals surface area contributed by atoms with E-state index in [0.29, 0.717) is 0 Å². The monoisotopic (exact) mass is 524 g/mol. The molecule has 2 rings (SSSR count). The summed E-state index contributed by atoms with van der Waals surface area (Å²) in [6.45, 7) is 0. The van der Waals surface area contributed by atoms with Crippen LogP contribution in [0.3, 0.4) is 0 Å². The van der Waals surface area contributed by atoms with Gasteiger partial charge >= 0.3 is 53.7 Å². The summed E-state index contributed by atoms with van der Waals surface area (Å²) in [5.74, 6) is -45.2. The highest BCUT2D eigenvalue weighted by Crippen LogP contribution is 2.55. The van der Waals surface area contributed by atoms with Gasteiger partial charge in [0.25, 0.3) is 0 Å². The zero-order chi connectivity index (χ0) is 26.1. The molecule has 0 saturated carbocycles. The summed E-state index contributed by atoms with van der Waals surface area (Å²) in [4.78, 5) is 3.25. The van der Waals surface area contributed by atoms with E-state index in [9.17, 15) is 70.2 Å². The highest BCUT2D eigenvalue weighted by molar-refractivity contribution is 5.14. The second-order valence-corrected chi connectivity index (χ2v) is 5.71. The van der Waals surface area contributed by atoms with Crippen LogP contribution in [-0.2, 0) is 23.7 Å². The van der Waals surface area contributed by atoms with Gasteiger partial charge in [0.2, 0.25) is 11.6 Å². The van der Waals surface area contributed by atoms with Crippen molar-refractivity contribution in [3.8, 4) is 0 Å². The Morgan fingerprint density at radius 2 is 0.697 bits per heavy atom. The van der Waals surface area contributed by atoms with E-state index in [1.54, 1.807) is 20.3 Å². The summed E-state index contributed by atoms with van der Waals surface area (Å²) in [6.07, 6.45) is -13.2. The molecule has 0 N–H and O–H groups in total. The third-order valence-corrected chi connectivity index (χ3v) is 3.45. The van der Waals surface area contributed by atoms with E-state index in [2.05, 4.69) is 9.05 Å². The zero-order valence-corrected chi connectivity index (χ0v) is 14.2. The predicted octanol–water partition coefficient (Wildman–Crippen LogP) is 5.28. The first kappa shape index (κ1) is 26.4. The molecule has 2 aromatic heterocycles. The van der Waals surface area contributed by atoms with Crippen molar-refractivity contribution in [2.45, 2.75) is 42.0 Å².